The fraction of sp³-hybridized carbons (Fsp3) is 0.500. The first kappa shape index (κ1) is 16.5. The molecule has 6 heteroatoms. The van der Waals surface area contributed by atoms with E-state index in [4.69, 9.17) is 5.11 Å². The molecule has 2 atom stereocenters. The molecule has 0 aliphatic heterocycles. The Kier molecular flexibility index (Phi) is 4.30. The third-order valence-corrected chi connectivity index (χ3v) is 5.24. The van der Waals surface area contributed by atoms with Gasteiger partial charge in [-0.2, -0.15) is 0 Å². The van der Waals surface area contributed by atoms with Gasteiger partial charge in [0.2, 0.25) is 5.91 Å². The van der Waals surface area contributed by atoms with E-state index in [1.54, 1.807) is 24.3 Å². The van der Waals surface area contributed by atoms with Gasteiger partial charge < -0.3 is 15.7 Å². The van der Waals surface area contributed by atoms with E-state index in [0.717, 1.165) is 19.3 Å². The van der Waals surface area contributed by atoms with E-state index in [-0.39, 0.29) is 17.2 Å². The van der Waals surface area contributed by atoms with E-state index < -0.39 is 17.9 Å². The molecule has 0 aromatic heterocycles. The molecule has 24 heavy (non-hydrogen) atoms. The first-order chi connectivity index (χ1) is 11.4. The molecular formula is C18H22N2O4. The molecular weight excluding hydrogens is 308 g/mol. The first-order valence-corrected chi connectivity index (χ1v) is 8.36. The van der Waals surface area contributed by atoms with Gasteiger partial charge in [-0.25, -0.2) is 0 Å². The fourth-order valence-electron chi connectivity index (χ4n) is 3.63. The van der Waals surface area contributed by atoms with Crippen molar-refractivity contribution in [3.63, 3.8) is 0 Å². The summed E-state index contributed by atoms with van der Waals surface area (Å²) in [6.07, 6.45) is 5.76. The molecule has 2 aliphatic carbocycles. The zero-order valence-corrected chi connectivity index (χ0v) is 13.7. The number of benzene rings is 1. The minimum absolute atomic E-state index is 0.0635. The maximum atomic E-state index is 12.3. The lowest BCUT2D eigenvalue weighted by Crippen LogP contribution is -2.38. The lowest BCUT2D eigenvalue weighted by Gasteiger charge is -2.11. The van der Waals surface area contributed by atoms with Crippen molar-refractivity contribution in [2.45, 2.75) is 45.1 Å². The SMILES string of the molecule is CC(NC(=O)c1ccc(NC(=O)C2CC23CCCC3)cc1)C(=O)O. The van der Waals surface area contributed by atoms with Gasteiger partial charge in [0.25, 0.3) is 5.91 Å². The van der Waals surface area contributed by atoms with Crippen LogP contribution in [0, 0.1) is 11.3 Å². The molecule has 2 amide bonds. The number of nitrogens with one attached hydrogen (secondary N) is 2. The second-order valence-electron chi connectivity index (χ2n) is 6.93. The van der Waals surface area contributed by atoms with E-state index in [1.807, 2.05) is 0 Å². The molecule has 1 aromatic carbocycles. The number of carboxylic acid groups (broad SMARTS) is 1. The second-order valence-corrected chi connectivity index (χ2v) is 6.93. The number of carbonyl (C=O) groups is 3. The molecule has 2 aliphatic rings. The molecule has 3 rings (SSSR count). The minimum atomic E-state index is -1.09. The van der Waals surface area contributed by atoms with E-state index in [1.165, 1.54) is 19.8 Å². The van der Waals surface area contributed by atoms with Crippen LogP contribution in [-0.2, 0) is 9.59 Å². The van der Waals surface area contributed by atoms with Crippen molar-refractivity contribution in [2.75, 3.05) is 5.32 Å². The average Bonchev–Trinajstić information content (AvgIpc) is 3.05. The summed E-state index contributed by atoms with van der Waals surface area (Å²) in [5, 5.41) is 14.1. The summed E-state index contributed by atoms with van der Waals surface area (Å²) < 4.78 is 0. The van der Waals surface area contributed by atoms with E-state index in [2.05, 4.69) is 10.6 Å². The summed E-state index contributed by atoms with van der Waals surface area (Å²) in [7, 11) is 0. The van der Waals surface area contributed by atoms with Crippen LogP contribution in [0.1, 0.15) is 49.4 Å². The van der Waals surface area contributed by atoms with Crippen LogP contribution in [0.5, 0.6) is 0 Å². The summed E-state index contributed by atoms with van der Waals surface area (Å²) in [6, 6.07) is 5.55. The number of amides is 2. The van der Waals surface area contributed by atoms with Gasteiger partial charge in [-0.1, -0.05) is 12.8 Å². The Morgan fingerprint density at radius 3 is 2.38 bits per heavy atom. The van der Waals surface area contributed by atoms with Crippen LogP contribution in [0.2, 0.25) is 0 Å². The molecule has 0 bridgehead atoms. The highest BCUT2D eigenvalue weighted by atomic mass is 16.4. The summed E-state index contributed by atoms with van der Waals surface area (Å²) in [4.78, 5) is 35.0. The van der Waals surface area contributed by atoms with Crippen molar-refractivity contribution in [1.29, 1.82) is 0 Å². The average molecular weight is 330 g/mol. The number of rotatable bonds is 5. The van der Waals surface area contributed by atoms with Crippen molar-refractivity contribution in [3.8, 4) is 0 Å². The molecule has 2 saturated carbocycles. The van der Waals surface area contributed by atoms with Gasteiger partial charge in [-0.05, 0) is 55.9 Å². The molecule has 128 valence electrons. The lowest BCUT2D eigenvalue weighted by molar-refractivity contribution is -0.138. The zero-order chi connectivity index (χ0) is 17.3. The molecule has 1 aromatic rings. The Morgan fingerprint density at radius 1 is 1.17 bits per heavy atom. The Morgan fingerprint density at radius 2 is 1.79 bits per heavy atom. The monoisotopic (exact) mass is 330 g/mol. The van der Waals surface area contributed by atoms with Gasteiger partial charge in [0, 0.05) is 17.2 Å². The maximum Gasteiger partial charge on any atom is 0.325 e. The highest BCUT2D eigenvalue weighted by Crippen LogP contribution is 2.63. The second kappa shape index (κ2) is 6.26. The van der Waals surface area contributed by atoms with Crippen molar-refractivity contribution in [1.82, 2.24) is 5.32 Å². The van der Waals surface area contributed by atoms with Gasteiger partial charge in [-0.3, -0.25) is 14.4 Å². The maximum absolute atomic E-state index is 12.3. The normalized spacial score (nSPS) is 22.0. The summed E-state index contributed by atoms with van der Waals surface area (Å²) in [5.41, 5.74) is 1.28. The van der Waals surface area contributed by atoms with E-state index in [0.29, 0.717) is 11.3 Å². The van der Waals surface area contributed by atoms with E-state index in [9.17, 15) is 14.4 Å². The van der Waals surface area contributed by atoms with Crippen LogP contribution >= 0.6 is 0 Å². The highest BCUT2D eigenvalue weighted by Gasteiger charge is 2.58. The summed E-state index contributed by atoms with van der Waals surface area (Å²) >= 11 is 0. The molecule has 2 unspecified atom stereocenters. The largest absolute Gasteiger partial charge is 0.480 e. The summed E-state index contributed by atoms with van der Waals surface area (Å²) in [5.74, 6) is -1.35. The molecule has 6 nitrogen and oxygen atoms in total. The van der Waals surface area contributed by atoms with Gasteiger partial charge in [0.05, 0.1) is 0 Å². The minimum Gasteiger partial charge on any atom is -0.480 e. The topological polar surface area (TPSA) is 95.5 Å². The van der Waals surface area contributed by atoms with Gasteiger partial charge >= 0.3 is 5.97 Å². The number of aliphatic carboxylic acids is 1. The number of hydrogen-bond donors (Lipinski definition) is 3. The van der Waals surface area contributed by atoms with Gasteiger partial charge in [-0.15, -0.1) is 0 Å². The fourth-order valence-corrected chi connectivity index (χ4v) is 3.63. The lowest BCUT2D eigenvalue weighted by atomic mass is 10.0. The molecule has 3 N–H and O–H groups in total. The number of carboxylic acids is 1. The predicted octanol–water partition coefficient (Wildman–Crippen LogP) is 2.41. The van der Waals surface area contributed by atoms with Gasteiger partial charge in [0.15, 0.2) is 0 Å². The smallest absolute Gasteiger partial charge is 0.325 e. The number of anilines is 1. The standard InChI is InChI=1S/C18H22N2O4/c1-11(17(23)24)19-15(21)12-4-6-13(7-5-12)20-16(22)14-10-18(14)8-2-3-9-18/h4-7,11,14H,2-3,8-10H2,1H3,(H,19,21)(H,20,22)(H,23,24). The van der Waals surface area contributed by atoms with Crippen molar-refractivity contribution in [2.24, 2.45) is 11.3 Å². The Hall–Kier alpha value is -2.37. The van der Waals surface area contributed by atoms with Crippen molar-refractivity contribution >= 4 is 23.5 Å². The third-order valence-electron chi connectivity index (χ3n) is 5.24. The highest BCUT2D eigenvalue weighted by molar-refractivity contribution is 5.98. The predicted molar refractivity (Wildman–Crippen MR) is 88.6 cm³/mol. The van der Waals surface area contributed by atoms with Crippen molar-refractivity contribution in [3.05, 3.63) is 29.8 Å². The quantitative estimate of drug-likeness (QED) is 0.772. The van der Waals surface area contributed by atoms with Crippen LogP contribution in [-0.4, -0.2) is 28.9 Å². The van der Waals surface area contributed by atoms with Gasteiger partial charge in [0.1, 0.15) is 6.04 Å². The van der Waals surface area contributed by atoms with Crippen LogP contribution in [0.15, 0.2) is 24.3 Å². The van der Waals surface area contributed by atoms with Crippen molar-refractivity contribution < 1.29 is 19.5 Å². The number of hydrogen-bond acceptors (Lipinski definition) is 3. The third kappa shape index (κ3) is 3.27. The zero-order valence-electron chi connectivity index (χ0n) is 13.7. The molecule has 0 radical (unpaired) electrons. The molecule has 2 fully saturated rings. The molecule has 0 heterocycles. The van der Waals surface area contributed by atoms with Crippen LogP contribution < -0.4 is 10.6 Å². The van der Waals surface area contributed by atoms with Crippen LogP contribution in [0.25, 0.3) is 0 Å². The number of carbonyl (C=O) groups excluding carboxylic acids is 2. The molecule has 1 spiro atoms. The van der Waals surface area contributed by atoms with Crippen LogP contribution in [0.4, 0.5) is 5.69 Å². The Bertz CT molecular complexity index is 662. The van der Waals surface area contributed by atoms with E-state index >= 15 is 0 Å². The molecule has 0 saturated heterocycles. The Labute approximate surface area is 140 Å². The van der Waals surface area contributed by atoms with Crippen LogP contribution in [0.3, 0.4) is 0 Å². The summed E-state index contributed by atoms with van der Waals surface area (Å²) in [6.45, 7) is 1.41. The first-order valence-electron chi connectivity index (χ1n) is 8.36. The Balaban J connectivity index is 1.56.